The summed E-state index contributed by atoms with van der Waals surface area (Å²) in [6, 6.07) is 5.42. The van der Waals surface area contributed by atoms with Gasteiger partial charge in [0.15, 0.2) is 0 Å². The second-order valence-electron chi connectivity index (χ2n) is 5.32. The number of aliphatic hydroxyl groups is 1. The number of unbranched alkanes of at least 4 members (excludes halogenated alkanes) is 3. The number of H-pyrrole nitrogens is 1. The van der Waals surface area contributed by atoms with Gasteiger partial charge >= 0.3 is 0 Å². The maximum Gasteiger partial charge on any atom is 0.138 e. The molecular weight excluding hydrogens is 316 g/mol. The number of aromatic nitrogens is 2. The molecule has 2 rings (SSSR count). The van der Waals surface area contributed by atoms with Crippen molar-refractivity contribution in [1.82, 2.24) is 9.97 Å². The molecule has 5 nitrogen and oxygen atoms in total. The van der Waals surface area contributed by atoms with Crippen molar-refractivity contribution < 1.29 is 14.6 Å². The molecule has 0 fully saturated rings. The second-order valence-corrected chi connectivity index (χ2v) is 5.73. The van der Waals surface area contributed by atoms with Gasteiger partial charge < -0.3 is 19.6 Å². The van der Waals surface area contributed by atoms with Crippen molar-refractivity contribution in [3.8, 4) is 11.5 Å². The summed E-state index contributed by atoms with van der Waals surface area (Å²) in [4.78, 5) is 7.16. The summed E-state index contributed by atoms with van der Waals surface area (Å²) in [6.45, 7) is 0.621. The average molecular weight is 339 g/mol. The zero-order chi connectivity index (χ0) is 16.5. The molecule has 0 radical (unpaired) electrons. The molecule has 6 heteroatoms. The molecule has 0 aliphatic carbocycles. The van der Waals surface area contributed by atoms with Gasteiger partial charge in [-0.15, -0.1) is 0 Å². The Labute approximate surface area is 141 Å². The lowest BCUT2D eigenvalue weighted by Crippen LogP contribution is -1.98. The number of nitrogens with one attached hydrogen (secondary N) is 1. The average Bonchev–Trinajstić information content (AvgIpc) is 3.03. The Bertz CT molecular complexity index is 601. The van der Waals surface area contributed by atoms with Gasteiger partial charge in [-0.1, -0.05) is 24.4 Å². The first-order chi connectivity index (χ1) is 11.2. The Balaban J connectivity index is 1.57. The summed E-state index contributed by atoms with van der Waals surface area (Å²) in [5, 5.41) is 9.51. The van der Waals surface area contributed by atoms with E-state index in [4.69, 9.17) is 26.2 Å². The first-order valence-corrected chi connectivity index (χ1v) is 8.20. The molecule has 0 bridgehead atoms. The van der Waals surface area contributed by atoms with Gasteiger partial charge in [-0.25, -0.2) is 4.98 Å². The predicted molar refractivity (Wildman–Crippen MR) is 90.2 cm³/mol. The number of aliphatic hydroxyl groups excluding tert-OH is 1. The van der Waals surface area contributed by atoms with Crippen LogP contribution in [0.1, 0.15) is 37.2 Å². The van der Waals surface area contributed by atoms with Crippen molar-refractivity contribution in [2.24, 2.45) is 0 Å². The zero-order valence-corrected chi connectivity index (χ0v) is 14.1. The number of halogens is 1. The quantitative estimate of drug-likeness (QED) is 0.647. The molecule has 1 aromatic heterocycles. The largest absolute Gasteiger partial charge is 0.497 e. The normalized spacial score (nSPS) is 10.7. The minimum atomic E-state index is -0.0364. The number of ether oxygens (including phenoxy) is 2. The van der Waals surface area contributed by atoms with E-state index < -0.39 is 0 Å². The van der Waals surface area contributed by atoms with Crippen LogP contribution in [-0.4, -0.2) is 28.8 Å². The minimum Gasteiger partial charge on any atom is -0.497 e. The lowest BCUT2D eigenvalue weighted by atomic mass is 10.1. The van der Waals surface area contributed by atoms with Crippen molar-refractivity contribution in [2.75, 3.05) is 13.7 Å². The van der Waals surface area contributed by atoms with E-state index in [1.165, 1.54) is 0 Å². The SMILES string of the molecule is COc1ccc(OCCCCCCc2cnc(CO)[nH]2)c(Cl)c1. The summed E-state index contributed by atoms with van der Waals surface area (Å²) in [5.74, 6) is 2.05. The molecule has 2 aromatic rings. The number of methoxy groups -OCH3 is 1. The van der Waals surface area contributed by atoms with E-state index in [1.54, 1.807) is 19.4 Å². The third kappa shape index (κ3) is 5.77. The van der Waals surface area contributed by atoms with Gasteiger partial charge in [-0.05, 0) is 31.4 Å². The van der Waals surface area contributed by atoms with Crippen LogP contribution in [0.25, 0.3) is 0 Å². The zero-order valence-electron chi connectivity index (χ0n) is 13.3. The van der Waals surface area contributed by atoms with Gasteiger partial charge in [0.2, 0.25) is 0 Å². The molecule has 0 saturated heterocycles. The van der Waals surface area contributed by atoms with Crippen molar-refractivity contribution in [2.45, 2.75) is 38.7 Å². The van der Waals surface area contributed by atoms with E-state index in [0.717, 1.165) is 43.5 Å². The van der Waals surface area contributed by atoms with Gasteiger partial charge in [0.25, 0.3) is 0 Å². The second kappa shape index (κ2) is 9.43. The Kier molecular flexibility index (Phi) is 7.23. The molecule has 23 heavy (non-hydrogen) atoms. The molecule has 0 spiro atoms. The topological polar surface area (TPSA) is 67.4 Å². The fourth-order valence-electron chi connectivity index (χ4n) is 2.29. The molecule has 0 atom stereocenters. The molecule has 0 unspecified atom stereocenters. The monoisotopic (exact) mass is 338 g/mol. The maximum atomic E-state index is 8.94. The van der Waals surface area contributed by atoms with Gasteiger partial charge in [-0.3, -0.25) is 0 Å². The highest BCUT2D eigenvalue weighted by atomic mass is 35.5. The molecule has 126 valence electrons. The highest BCUT2D eigenvalue weighted by molar-refractivity contribution is 6.32. The van der Waals surface area contributed by atoms with Crippen molar-refractivity contribution in [3.63, 3.8) is 0 Å². The Morgan fingerprint density at radius 2 is 2.04 bits per heavy atom. The van der Waals surface area contributed by atoms with Crippen LogP contribution in [-0.2, 0) is 13.0 Å². The van der Waals surface area contributed by atoms with Crippen LogP contribution < -0.4 is 9.47 Å². The molecular formula is C17H23ClN2O3. The molecule has 1 aromatic carbocycles. The van der Waals surface area contributed by atoms with E-state index in [2.05, 4.69) is 9.97 Å². The third-order valence-electron chi connectivity index (χ3n) is 3.57. The predicted octanol–water partition coefficient (Wildman–Crippen LogP) is 3.75. The highest BCUT2D eigenvalue weighted by Gasteiger charge is 2.03. The smallest absolute Gasteiger partial charge is 0.138 e. The van der Waals surface area contributed by atoms with Gasteiger partial charge in [0.05, 0.1) is 18.7 Å². The number of hydrogen-bond donors (Lipinski definition) is 2. The molecule has 0 aliphatic rings. The summed E-state index contributed by atoms with van der Waals surface area (Å²) < 4.78 is 10.8. The first-order valence-electron chi connectivity index (χ1n) is 7.83. The van der Waals surface area contributed by atoms with Crippen LogP contribution >= 0.6 is 11.6 Å². The molecule has 0 amide bonds. The van der Waals surface area contributed by atoms with E-state index in [9.17, 15) is 0 Å². The Morgan fingerprint density at radius 1 is 1.22 bits per heavy atom. The lowest BCUT2D eigenvalue weighted by molar-refractivity contribution is 0.272. The van der Waals surface area contributed by atoms with Gasteiger partial charge in [0.1, 0.15) is 23.9 Å². The fourth-order valence-corrected chi connectivity index (χ4v) is 2.52. The number of nitrogens with zero attached hydrogens (tertiary/aromatic N) is 1. The van der Waals surface area contributed by atoms with E-state index in [0.29, 0.717) is 23.2 Å². The Hall–Kier alpha value is -1.72. The van der Waals surface area contributed by atoms with E-state index >= 15 is 0 Å². The standard InChI is InChI=1S/C17H23ClN2O3/c1-22-14-7-8-16(15(18)10-14)23-9-5-3-2-4-6-13-11-19-17(12-21)20-13/h7-8,10-11,21H,2-6,9,12H2,1H3,(H,19,20). The fraction of sp³-hybridized carbons (Fsp3) is 0.471. The third-order valence-corrected chi connectivity index (χ3v) is 3.86. The van der Waals surface area contributed by atoms with Crippen LogP contribution in [0.3, 0.4) is 0 Å². The highest BCUT2D eigenvalue weighted by Crippen LogP contribution is 2.28. The lowest BCUT2D eigenvalue weighted by Gasteiger charge is -2.09. The summed E-state index contributed by atoms with van der Waals surface area (Å²) in [6.07, 6.45) is 7.07. The number of aromatic amines is 1. The molecule has 2 N–H and O–H groups in total. The Morgan fingerprint density at radius 3 is 2.74 bits per heavy atom. The number of hydrogen-bond acceptors (Lipinski definition) is 4. The van der Waals surface area contributed by atoms with Crippen LogP contribution in [0, 0.1) is 0 Å². The minimum absolute atomic E-state index is 0.0364. The number of aryl methyl sites for hydroxylation is 1. The molecule has 1 heterocycles. The van der Waals surface area contributed by atoms with Crippen LogP contribution in [0.4, 0.5) is 0 Å². The first kappa shape index (κ1) is 17.6. The van der Waals surface area contributed by atoms with Crippen LogP contribution in [0.2, 0.25) is 5.02 Å². The summed E-state index contributed by atoms with van der Waals surface area (Å²) >= 11 is 6.12. The van der Waals surface area contributed by atoms with E-state index in [1.807, 2.05) is 12.1 Å². The maximum absolute atomic E-state index is 8.94. The van der Waals surface area contributed by atoms with Crippen LogP contribution in [0.5, 0.6) is 11.5 Å². The van der Waals surface area contributed by atoms with Gasteiger partial charge in [-0.2, -0.15) is 0 Å². The van der Waals surface area contributed by atoms with E-state index in [-0.39, 0.29) is 6.61 Å². The summed E-state index contributed by atoms with van der Waals surface area (Å²) in [7, 11) is 1.61. The van der Waals surface area contributed by atoms with Crippen molar-refractivity contribution >= 4 is 11.6 Å². The summed E-state index contributed by atoms with van der Waals surface area (Å²) in [5.41, 5.74) is 1.08. The molecule has 0 saturated carbocycles. The number of benzene rings is 1. The number of rotatable bonds is 10. The van der Waals surface area contributed by atoms with Gasteiger partial charge in [0, 0.05) is 18.0 Å². The number of imidazole rings is 1. The van der Waals surface area contributed by atoms with Crippen LogP contribution in [0.15, 0.2) is 24.4 Å². The van der Waals surface area contributed by atoms with Crippen molar-refractivity contribution in [1.29, 1.82) is 0 Å². The van der Waals surface area contributed by atoms with Crippen molar-refractivity contribution in [3.05, 3.63) is 40.9 Å². The molecule has 0 aliphatic heterocycles.